The molecule has 1 heterocycles. The van der Waals surface area contributed by atoms with Gasteiger partial charge in [-0.05, 0) is 24.3 Å². The number of hydrogen-bond donors (Lipinski definition) is 1. The molecule has 1 unspecified atom stereocenters. The molecular weight excluding hydrogens is 261 g/mol. The molecule has 1 saturated heterocycles. The number of morpholine rings is 1. The fourth-order valence-electron chi connectivity index (χ4n) is 1.97. The Bertz CT molecular complexity index is 459. The van der Waals surface area contributed by atoms with E-state index in [2.05, 4.69) is 0 Å². The molecule has 7 heteroatoms. The SMILES string of the molecule is NCC1COCC(=O)N1c1ccc(C(F)(F)F)cc1. The van der Waals surface area contributed by atoms with E-state index in [9.17, 15) is 18.0 Å². The molecule has 2 rings (SSSR count). The van der Waals surface area contributed by atoms with E-state index in [1.165, 1.54) is 17.0 Å². The van der Waals surface area contributed by atoms with Crippen LogP contribution in [0.3, 0.4) is 0 Å². The summed E-state index contributed by atoms with van der Waals surface area (Å²) in [5.41, 5.74) is 5.19. The van der Waals surface area contributed by atoms with Crippen molar-refractivity contribution in [1.29, 1.82) is 0 Å². The second-order valence-electron chi connectivity index (χ2n) is 4.21. The third-order valence-electron chi connectivity index (χ3n) is 2.91. The van der Waals surface area contributed by atoms with E-state index >= 15 is 0 Å². The highest BCUT2D eigenvalue weighted by Crippen LogP contribution is 2.31. The Morgan fingerprint density at radius 1 is 1.32 bits per heavy atom. The van der Waals surface area contributed by atoms with Gasteiger partial charge in [-0.1, -0.05) is 0 Å². The smallest absolute Gasteiger partial charge is 0.369 e. The van der Waals surface area contributed by atoms with Crippen molar-refractivity contribution < 1.29 is 22.7 Å². The summed E-state index contributed by atoms with van der Waals surface area (Å²) >= 11 is 0. The molecule has 1 atom stereocenters. The van der Waals surface area contributed by atoms with Gasteiger partial charge >= 0.3 is 6.18 Å². The van der Waals surface area contributed by atoms with Crippen molar-refractivity contribution in [2.75, 3.05) is 24.7 Å². The van der Waals surface area contributed by atoms with Gasteiger partial charge in [-0.2, -0.15) is 13.2 Å². The molecule has 4 nitrogen and oxygen atoms in total. The molecule has 1 aromatic carbocycles. The van der Waals surface area contributed by atoms with Crippen LogP contribution in [0.15, 0.2) is 24.3 Å². The number of amides is 1. The van der Waals surface area contributed by atoms with Crippen molar-refractivity contribution >= 4 is 11.6 Å². The summed E-state index contributed by atoms with van der Waals surface area (Å²) in [6.45, 7) is 0.382. The standard InChI is InChI=1S/C12H13F3N2O2/c13-12(14,15)8-1-3-9(4-2-8)17-10(5-16)6-19-7-11(17)18/h1-4,10H,5-7,16H2. The van der Waals surface area contributed by atoms with Crippen LogP contribution in [0.5, 0.6) is 0 Å². The summed E-state index contributed by atoms with van der Waals surface area (Å²) in [4.78, 5) is 13.2. The van der Waals surface area contributed by atoms with Crippen LogP contribution in [0, 0.1) is 0 Å². The predicted octanol–water partition coefficient (Wildman–Crippen LogP) is 1.40. The number of nitrogens with two attached hydrogens (primary N) is 1. The van der Waals surface area contributed by atoms with E-state index in [0.29, 0.717) is 5.69 Å². The van der Waals surface area contributed by atoms with Crippen LogP contribution >= 0.6 is 0 Å². The van der Waals surface area contributed by atoms with Crippen LogP contribution in [-0.4, -0.2) is 31.7 Å². The van der Waals surface area contributed by atoms with Crippen molar-refractivity contribution in [3.63, 3.8) is 0 Å². The number of hydrogen-bond acceptors (Lipinski definition) is 3. The molecule has 0 saturated carbocycles. The van der Waals surface area contributed by atoms with Crippen molar-refractivity contribution in [2.24, 2.45) is 5.73 Å². The van der Waals surface area contributed by atoms with Gasteiger partial charge in [0.15, 0.2) is 0 Å². The van der Waals surface area contributed by atoms with Crippen LogP contribution in [0.4, 0.5) is 18.9 Å². The van der Waals surface area contributed by atoms with E-state index in [4.69, 9.17) is 10.5 Å². The second kappa shape index (κ2) is 5.18. The first-order chi connectivity index (χ1) is 8.93. The number of ether oxygens (including phenoxy) is 1. The van der Waals surface area contributed by atoms with Gasteiger partial charge < -0.3 is 15.4 Å². The molecule has 104 valence electrons. The summed E-state index contributed by atoms with van der Waals surface area (Å²) in [5.74, 6) is -0.304. The maximum Gasteiger partial charge on any atom is 0.416 e. The van der Waals surface area contributed by atoms with Gasteiger partial charge in [0.1, 0.15) is 6.61 Å². The molecule has 19 heavy (non-hydrogen) atoms. The number of carbonyl (C=O) groups excluding carboxylic acids is 1. The summed E-state index contributed by atoms with van der Waals surface area (Å²) in [6, 6.07) is 4.10. The lowest BCUT2D eigenvalue weighted by molar-refractivity contribution is -0.137. The summed E-state index contributed by atoms with van der Waals surface area (Å²) in [7, 11) is 0. The van der Waals surface area contributed by atoms with Gasteiger partial charge in [-0.3, -0.25) is 4.79 Å². The average molecular weight is 274 g/mol. The maximum absolute atomic E-state index is 12.5. The van der Waals surface area contributed by atoms with Crippen molar-refractivity contribution in [3.05, 3.63) is 29.8 Å². The first-order valence-electron chi connectivity index (χ1n) is 5.70. The molecular formula is C12H13F3N2O2. The normalized spacial score (nSPS) is 20.7. The average Bonchev–Trinajstić information content (AvgIpc) is 2.37. The lowest BCUT2D eigenvalue weighted by atomic mass is 10.1. The van der Waals surface area contributed by atoms with E-state index < -0.39 is 11.7 Å². The van der Waals surface area contributed by atoms with Gasteiger partial charge in [0, 0.05) is 12.2 Å². The van der Waals surface area contributed by atoms with Crippen molar-refractivity contribution in [1.82, 2.24) is 0 Å². The van der Waals surface area contributed by atoms with Crippen LogP contribution in [-0.2, 0) is 15.7 Å². The Morgan fingerprint density at radius 3 is 2.47 bits per heavy atom. The number of anilines is 1. The molecule has 1 aliphatic rings. The maximum atomic E-state index is 12.5. The van der Waals surface area contributed by atoms with Crippen molar-refractivity contribution in [2.45, 2.75) is 12.2 Å². The third kappa shape index (κ3) is 2.87. The number of halogens is 3. The minimum atomic E-state index is -4.39. The minimum Gasteiger partial charge on any atom is -0.369 e. The predicted molar refractivity (Wildman–Crippen MR) is 62.6 cm³/mol. The second-order valence-corrected chi connectivity index (χ2v) is 4.21. The molecule has 1 aliphatic heterocycles. The van der Waals surface area contributed by atoms with Gasteiger partial charge in [0.05, 0.1) is 18.2 Å². The van der Waals surface area contributed by atoms with E-state index in [0.717, 1.165) is 12.1 Å². The molecule has 0 bridgehead atoms. The topological polar surface area (TPSA) is 55.6 Å². The summed E-state index contributed by atoms with van der Waals surface area (Å²) < 4.78 is 42.4. The van der Waals surface area contributed by atoms with Crippen LogP contribution in [0.2, 0.25) is 0 Å². The highest BCUT2D eigenvalue weighted by Gasteiger charge is 2.32. The number of nitrogens with zero attached hydrogens (tertiary/aromatic N) is 1. The lowest BCUT2D eigenvalue weighted by Crippen LogP contribution is -2.53. The lowest BCUT2D eigenvalue weighted by Gasteiger charge is -2.34. The zero-order chi connectivity index (χ0) is 14.0. The van der Waals surface area contributed by atoms with Crippen LogP contribution in [0.1, 0.15) is 5.56 Å². The minimum absolute atomic E-state index is 0.0858. The zero-order valence-electron chi connectivity index (χ0n) is 9.98. The Labute approximate surface area is 107 Å². The van der Waals surface area contributed by atoms with Crippen LogP contribution < -0.4 is 10.6 Å². The van der Waals surface area contributed by atoms with Gasteiger partial charge in [0.2, 0.25) is 0 Å². The molecule has 2 N–H and O–H groups in total. The molecule has 0 spiro atoms. The third-order valence-corrected chi connectivity index (χ3v) is 2.91. The van der Waals surface area contributed by atoms with Gasteiger partial charge in [-0.25, -0.2) is 0 Å². The molecule has 1 aromatic rings. The molecule has 1 fully saturated rings. The fourth-order valence-corrected chi connectivity index (χ4v) is 1.97. The molecule has 0 aliphatic carbocycles. The first kappa shape index (κ1) is 13.8. The molecule has 0 radical (unpaired) electrons. The van der Waals surface area contributed by atoms with E-state index in [-0.39, 0.29) is 31.7 Å². The van der Waals surface area contributed by atoms with Crippen molar-refractivity contribution in [3.8, 4) is 0 Å². The Hall–Kier alpha value is -1.60. The van der Waals surface area contributed by atoms with E-state index in [1.54, 1.807) is 0 Å². The largest absolute Gasteiger partial charge is 0.416 e. The molecule has 1 amide bonds. The van der Waals surface area contributed by atoms with E-state index in [1.807, 2.05) is 0 Å². The van der Waals surface area contributed by atoms with Gasteiger partial charge in [-0.15, -0.1) is 0 Å². The zero-order valence-corrected chi connectivity index (χ0v) is 9.98. The summed E-state index contributed by atoms with van der Waals surface area (Å²) in [6.07, 6.45) is -4.39. The summed E-state index contributed by atoms with van der Waals surface area (Å²) in [5, 5.41) is 0. The Morgan fingerprint density at radius 2 is 1.95 bits per heavy atom. The molecule has 0 aromatic heterocycles. The number of rotatable bonds is 2. The Kier molecular flexibility index (Phi) is 3.77. The number of carbonyl (C=O) groups is 1. The highest BCUT2D eigenvalue weighted by molar-refractivity contribution is 5.95. The quantitative estimate of drug-likeness (QED) is 0.886. The first-order valence-corrected chi connectivity index (χ1v) is 5.70. The number of alkyl halides is 3. The fraction of sp³-hybridized carbons (Fsp3) is 0.417. The monoisotopic (exact) mass is 274 g/mol. The number of benzene rings is 1. The Balaban J connectivity index is 2.27. The van der Waals surface area contributed by atoms with Crippen LogP contribution in [0.25, 0.3) is 0 Å². The van der Waals surface area contributed by atoms with Gasteiger partial charge in [0.25, 0.3) is 5.91 Å². The highest BCUT2D eigenvalue weighted by atomic mass is 19.4.